The Morgan fingerprint density at radius 2 is 1.73 bits per heavy atom. The smallest absolute Gasteiger partial charge is 0.332 e. The summed E-state index contributed by atoms with van der Waals surface area (Å²) in [4.78, 5) is 29.7. The maximum absolute atomic E-state index is 12.9. The van der Waals surface area contributed by atoms with Crippen molar-refractivity contribution in [3.05, 3.63) is 50.8 Å². The Bertz CT molecular complexity index is 1280. The molecule has 0 spiro atoms. The monoisotopic (exact) mass is 351 g/mol. The molecule has 3 aromatic heterocycles. The van der Waals surface area contributed by atoms with Crippen molar-refractivity contribution in [3.63, 3.8) is 0 Å². The van der Waals surface area contributed by atoms with Crippen LogP contribution in [0.15, 0.2) is 33.9 Å². The van der Waals surface area contributed by atoms with E-state index < -0.39 is 5.69 Å². The molecular formula is C18H17N5O3. The summed E-state index contributed by atoms with van der Waals surface area (Å²) in [6.07, 6.45) is 0. The normalized spacial score (nSPS) is 11.4. The van der Waals surface area contributed by atoms with Gasteiger partial charge in [0.25, 0.3) is 5.56 Å². The molecule has 0 saturated carbocycles. The molecule has 1 aromatic carbocycles. The number of benzene rings is 1. The number of ether oxygens (including phenoxy) is 1. The van der Waals surface area contributed by atoms with E-state index >= 15 is 0 Å². The lowest BCUT2D eigenvalue weighted by molar-refractivity contribution is 0.415. The lowest BCUT2D eigenvalue weighted by Crippen LogP contribution is -2.37. The molecule has 0 saturated heterocycles. The van der Waals surface area contributed by atoms with Gasteiger partial charge in [-0.15, -0.1) is 0 Å². The molecule has 0 aliphatic carbocycles. The van der Waals surface area contributed by atoms with Crippen LogP contribution in [-0.2, 0) is 14.1 Å². The molecule has 0 atom stereocenters. The molecule has 132 valence electrons. The van der Waals surface area contributed by atoms with Crippen LogP contribution in [0.5, 0.6) is 5.75 Å². The summed E-state index contributed by atoms with van der Waals surface area (Å²) in [7, 11) is 4.66. The number of aromatic nitrogens is 5. The molecule has 4 rings (SSSR count). The largest absolute Gasteiger partial charge is 0.497 e. The van der Waals surface area contributed by atoms with Crippen LogP contribution < -0.4 is 16.0 Å². The molecule has 0 radical (unpaired) electrons. The van der Waals surface area contributed by atoms with Gasteiger partial charge in [-0.25, -0.2) is 9.78 Å². The predicted octanol–water partition coefficient (Wildman–Crippen LogP) is 1.49. The van der Waals surface area contributed by atoms with Crippen molar-refractivity contribution in [2.75, 3.05) is 7.11 Å². The highest BCUT2D eigenvalue weighted by Gasteiger charge is 2.21. The van der Waals surface area contributed by atoms with Crippen molar-refractivity contribution in [2.24, 2.45) is 14.1 Å². The van der Waals surface area contributed by atoms with Gasteiger partial charge in [0.1, 0.15) is 5.75 Å². The van der Waals surface area contributed by atoms with E-state index in [1.807, 2.05) is 31.2 Å². The maximum Gasteiger partial charge on any atom is 0.332 e. The molecule has 4 aromatic rings. The zero-order chi connectivity index (χ0) is 18.6. The molecule has 3 heterocycles. The third-order valence-corrected chi connectivity index (χ3v) is 4.65. The Kier molecular flexibility index (Phi) is 3.43. The van der Waals surface area contributed by atoms with Gasteiger partial charge in [0, 0.05) is 25.4 Å². The Morgan fingerprint density at radius 3 is 2.38 bits per heavy atom. The first kappa shape index (κ1) is 16.1. The van der Waals surface area contributed by atoms with Gasteiger partial charge in [0.2, 0.25) is 0 Å². The first-order valence-electron chi connectivity index (χ1n) is 8.03. The van der Waals surface area contributed by atoms with Gasteiger partial charge in [-0.1, -0.05) is 12.1 Å². The van der Waals surface area contributed by atoms with E-state index in [9.17, 15) is 9.59 Å². The van der Waals surface area contributed by atoms with Crippen molar-refractivity contribution in [1.29, 1.82) is 0 Å². The van der Waals surface area contributed by atoms with Crippen LogP contribution in [-0.4, -0.2) is 31.4 Å². The molecule has 8 heteroatoms. The van der Waals surface area contributed by atoms with Crippen molar-refractivity contribution in [3.8, 4) is 16.9 Å². The summed E-state index contributed by atoms with van der Waals surface area (Å²) in [6.45, 7) is 1.88. The second kappa shape index (κ2) is 5.55. The van der Waals surface area contributed by atoms with Crippen LogP contribution in [0.1, 0.15) is 5.69 Å². The third-order valence-electron chi connectivity index (χ3n) is 4.65. The molecule has 0 amide bonds. The van der Waals surface area contributed by atoms with E-state index in [0.29, 0.717) is 28.0 Å². The number of hydrogen-bond acceptors (Lipinski definition) is 5. The minimum atomic E-state index is -0.428. The van der Waals surface area contributed by atoms with Crippen LogP contribution in [0.4, 0.5) is 0 Å². The van der Waals surface area contributed by atoms with Crippen LogP contribution in [0.3, 0.4) is 0 Å². The second-order valence-electron chi connectivity index (χ2n) is 6.17. The van der Waals surface area contributed by atoms with Gasteiger partial charge in [-0.05, 0) is 24.6 Å². The summed E-state index contributed by atoms with van der Waals surface area (Å²) in [5.74, 6) is 0.715. The van der Waals surface area contributed by atoms with Gasteiger partial charge in [-0.2, -0.15) is 5.10 Å². The molecule has 0 aliphatic rings. The van der Waals surface area contributed by atoms with Crippen molar-refractivity contribution >= 4 is 22.1 Å². The fraction of sp³-hybridized carbons (Fsp3) is 0.222. The topological polar surface area (TPSA) is 94.8 Å². The summed E-state index contributed by atoms with van der Waals surface area (Å²) < 4.78 is 7.69. The van der Waals surface area contributed by atoms with Gasteiger partial charge in [-0.3, -0.25) is 19.0 Å². The molecule has 8 nitrogen and oxygen atoms in total. The van der Waals surface area contributed by atoms with Crippen molar-refractivity contribution in [1.82, 2.24) is 24.3 Å². The molecule has 0 fully saturated rings. The van der Waals surface area contributed by atoms with Gasteiger partial charge in [0.05, 0.1) is 17.9 Å². The molecular weight excluding hydrogens is 334 g/mol. The first-order valence-corrected chi connectivity index (χ1v) is 8.03. The summed E-state index contributed by atoms with van der Waals surface area (Å²) >= 11 is 0. The van der Waals surface area contributed by atoms with Gasteiger partial charge < -0.3 is 4.74 Å². The Morgan fingerprint density at radius 1 is 1.04 bits per heavy atom. The SMILES string of the molecule is COc1ccc(-c2c3c(C)[nH]nc3nc3c2c(=O)n(C)c(=O)n3C)cc1. The van der Waals surface area contributed by atoms with Crippen LogP contribution in [0.2, 0.25) is 0 Å². The summed E-state index contributed by atoms with van der Waals surface area (Å²) in [5.41, 5.74) is 2.29. The second-order valence-corrected chi connectivity index (χ2v) is 6.17. The quantitative estimate of drug-likeness (QED) is 0.590. The van der Waals surface area contributed by atoms with E-state index in [1.54, 1.807) is 14.2 Å². The fourth-order valence-corrected chi connectivity index (χ4v) is 3.25. The molecule has 0 unspecified atom stereocenters. The zero-order valence-electron chi connectivity index (χ0n) is 14.8. The van der Waals surface area contributed by atoms with E-state index in [1.165, 1.54) is 11.6 Å². The highest BCUT2D eigenvalue weighted by Crippen LogP contribution is 2.34. The number of aromatic amines is 1. The number of H-pyrrole nitrogens is 1. The minimum Gasteiger partial charge on any atom is -0.497 e. The minimum absolute atomic E-state index is 0.308. The number of fused-ring (bicyclic) bond motifs is 2. The summed E-state index contributed by atoms with van der Waals surface area (Å²) in [6, 6.07) is 7.42. The van der Waals surface area contributed by atoms with E-state index in [0.717, 1.165) is 21.2 Å². The Labute approximate surface area is 147 Å². The van der Waals surface area contributed by atoms with Crippen LogP contribution in [0.25, 0.3) is 33.2 Å². The number of rotatable bonds is 2. The number of methoxy groups -OCH3 is 1. The van der Waals surface area contributed by atoms with E-state index in [4.69, 9.17) is 4.74 Å². The zero-order valence-corrected chi connectivity index (χ0v) is 14.8. The lowest BCUT2D eigenvalue weighted by atomic mass is 9.98. The van der Waals surface area contributed by atoms with Gasteiger partial charge >= 0.3 is 5.69 Å². The highest BCUT2D eigenvalue weighted by molar-refractivity contribution is 6.08. The van der Waals surface area contributed by atoms with Gasteiger partial charge in [0.15, 0.2) is 11.3 Å². The first-order chi connectivity index (χ1) is 12.4. The maximum atomic E-state index is 12.9. The number of hydrogen-bond donors (Lipinski definition) is 1. The van der Waals surface area contributed by atoms with Crippen LogP contribution in [0, 0.1) is 6.92 Å². The van der Waals surface area contributed by atoms with E-state index in [-0.39, 0.29) is 5.56 Å². The number of nitrogens with one attached hydrogen (secondary N) is 1. The third kappa shape index (κ3) is 2.08. The molecule has 0 bridgehead atoms. The Hall–Kier alpha value is -3.42. The summed E-state index contributed by atoms with van der Waals surface area (Å²) in [5, 5.41) is 8.29. The average Bonchev–Trinajstić information content (AvgIpc) is 3.04. The Balaban J connectivity index is 2.28. The lowest BCUT2D eigenvalue weighted by Gasteiger charge is -2.12. The van der Waals surface area contributed by atoms with Crippen molar-refractivity contribution < 1.29 is 4.74 Å². The van der Waals surface area contributed by atoms with E-state index in [2.05, 4.69) is 15.2 Å². The standard InChI is InChI=1S/C18H17N5O3/c1-9-12-13(10-5-7-11(26-4)8-6-10)14-16(19-15(12)21-20-9)22(2)18(25)23(3)17(14)24/h5-8H,1-4H3,(H,19,20,21). The van der Waals surface area contributed by atoms with Crippen molar-refractivity contribution in [2.45, 2.75) is 6.92 Å². The average molecular weight is 351 g/mol. The number of aryl methyl sites for hydroxylation is 2. The molecule has 26 heavy (non-hydrogen) atoms. The van der Waals surface area contributed by atoms with Crippen LogP contribution >= 0.6 is 0 Å². The number of nitrogens with zero attached hydrogens (tertiary/aromatic N) is 4. The molecule has 0 aliphatic heterocycles. The molecule has 1 N–H and O–H groups in total. The fourth-order valence-electron chi connectivity index (χ4n) is 3.25. The highest BCUT2D eigenvalue weighted by atomic mass is 16.5. The number of pyridine rings is 1. The predicted molar refractivity (Wildman–Crippen MR) is 98.6 cm³/mol.